The lowest BCUT2D eigenvalue weighted by atomic mass is 10.6. The quantitative estimate of drug-likeness (QED) is 0.632. The number of hydrogen-bond donors (Lipinski definition) is 1. The van der Waals surface area contributed by atoms with Gasteiger partial charge in [0.1, 0.15) is 0 Å². The first-order chi connectivity index (χ1) is 5.34. The third-order valence-corrected chi connectivity index (χ3v) is 1.24. The molecule has 0 aliphatic rings. The van der Waals surface area contributed by atoms with Crippen LogP contribution in [-0.4, -0.2) is 17.1 Å². The minimum absolute atomic E-state index is 0.130. The number of carbonyl (C=O) groups is 1. The maximum absolute atomic E-state index is 11.1. The maximum atomic E-state index is 11.1. The molecular formula is C8H10N2O. The molecule has 1 heterocycles. The summed E-state index contributed by atoms with van der Waals surface area (Å²) in [5.74, 6) is 0. The van der Waals surface area contributed by atoms with Gasteiger partial charge in [-0.2, -0.15) is 0 Å². The summed E-state index contributed by atoms with van der Waals surface area (Å²) < 4.78 is 1.48. The molecule has 0 atom stereocenters. The Hall–Kier alpha value is -1.51. The molecule has 3 nitrogen and oxygen atoms in total. The van der Waals surface area contributed by atoms with Crippen molar-refractivity contribution < 1.29 is 4.79 Å². The van der Waals surface area contributed by atoms with Gasteiger partial charge in [-0.25, -0.2) is 4.79 Å². The van der Waals surface area contributed by atoms with Gasteiger partial charge >= 0.3 is 6.03 Å². The summed E-state index contributed by atoms with van der Waals surface area (Å²) in [5.41, 5.74) is 0. The fourth-order valence-electron chi connectivity index (χ4n) is 0.721. The van der Waals surface area contributed by atoms with E-state index in [9.17, 15) is 4.79 Å². The zero-order valence-corrected chi connectivity index (χ0v) is 6.16. The Bertz CT molecular complexity index is 239. The van der Waals surface area contributed by atoms with Crippen molar-refractivity contribution in [2.45, 2.75) is 0 Å². The monoisotopic (exact) mass is 150 g/mol. The Morgan fingerprint density at radius 3 is 2.73 bits per heavy atom. The topological polar surface area (TPSA) is 34.0 Å². The van der Waals surface area contributed by atoms with E-state index >= 15 is 0 Å². The van der Waals surface area contributed by atoms with Gasteiger partial charge in [0.2, 0.25) is 0 Å². The Labute approximate surface area is 65.3 Å². The van der Waals surface area contributed by atoms with Crippen LogP contribution in [0.3, 0.4) is 0 Å². The Balaban J connectivity index is 2.49. The van der Waals surface area contributed by atoms with E-state index in [1.54, 1.807) is 30.6 Å². The van der Waals surface area contributed by atoms with Gasteiger partial charge in [-0.05, 0) is 12.1 Å². The van der Waals surface area contributed by atoms with Gasteiger partial charge in [0.15, 0.2) is 0 Å². The van der Waals surface area contributed by atoms with Crippen molar-refractivity contribution in [1.82, 2.24) is 9.88 Å². The lowest BCUT2D eigenvalue weighted by molar-refractivity contribution is 0.243. The summed E-state index contributed by atoms with van der Waals surface area (Å²) in [6, 6.07) is 3.47. The predicted octanol–water partition coefficient (Wildman–Crippen LogP) is 1.23. The molecule has 0 aliphatic heterocycles. The molecule has 58 valence electrons. The van der Waals surface area contributed by atoms with Gasteiger partial charge in [-0.3, -0.25) is 4.57 Å². The van der Waals surface area contributed by atoms with Crippen LogP contribution in [0.4, 0.5) is 4.79 Å². The van der Waals surface area contributed by atoms with Crippen molar-refractivity contribution in [2.24, 2.45) is 0 Å². The molecule has 0 saturated carbocycles. The van der Waals surface area contributed by atoms with Gasteiger partial charge in [-0.1, -0.05) is 6.08 Å². The largest absolute Gasteiger partial charge is 0.334 e. The van der Waals surface area contributed by atoms with Crippen LogP contribution in [0.25, 0.3) is 0 Å². The predicted molar refractivity (Wildman–Crippen MR) is 43.4 cm³/mol. The van der Waals surface area contributed by atoms with E-state index in [1.807, 2.05) is 0 Å². The highest BCUT2D eigenvalue weighted by atomic mass is 16.2. The molecule has 0 fully saturated rings. The summed E-state index contributed by atoms with van der Waals surface area (Å²) in [5, 5.41) is 2.64. The number of nitrogens with one attached hydrogen (secondary N) is 1. The Morgan fingerprint density at radius 2 is 2.18 bits per heavy atom. The van der Waals surface area contributed by atoms with E-state index in [4.69, 9.17) is 0 Å². The van der Waals surface area contributed by atoms with Crippen molar-refractivity contribution in [3.05, 3.63) is 37.2 Å². The molecule has 0 spiro atoms. The standard InChI is InChI=1S/C8H10N2O/c1-2-5-9-8(11)10-6-3-4-7-10/h2-4,6-7H,1,5H2,(H,9,11). The number of carbonyl (C=O) groups excluding carboxylic acids is 1. The summed E-state index contributed by atoms with van der Waals surface area (Å²) in [6.45, 7) is 3.99. The minimum atomic E-state index is -0.130. The van der Waals surface area contributed by atoms with E-state index in [2.05, 4.69) is 11.9 Å². The van der Waals surface area contributed by atoms with Crippen molar-refractivity contribution in [3.8, 4) is 0 Å². The number of hydrogen-bond acceptors (Lipinski definition) is 1. The van der Waals surface area contributed by atoms with Crippen molar-refractivity contribution in [3.63, 3.8) is 0 Å². The van der Waals surface area contributed by atoms with Gasteiger partial charge < -0.3 is 5.32 Å². The molecule has 1 rings (SSSR count). The van der Waals surface area contributed by atoms with Crippen LogP contribution in [0.5, 0.6) is 0 Å². The summed E-state index contributed by atoms with van der Waals surface area (Å²) >= 11 is 0. The fraction of sp³-hybridized carbons (Fsp3) is 0.125. The average molecular weight is 150 g/mol. The van der Waals surface area contributed by atoms with Crippen LogP contribution in [0.2, 0.25) is 0 Å². The first-order valence-corrected chi connectivity index (χ1v) is 3.36. The zero-order chi connectivity index (χ0) is 8.10. The molecule has 0 aliphatic carbocycles. The Kier molecular flexibility index (Phi) is 2.49. The normalized spacial score (nSPS) is 9.09. The highest BCUT2D eigenvalue weighted by molar-refractivity contribution is 5.76. The van der Waals surface area contributed by atoms with Gasteiger partial charge in [-0.15, -0.1) is 6.58 Å². The first kappa shape index (κ1) is 7.60. The maximum Gasteiger partial charge on any atom is 0.325 e. The molecule has 0 radical (unpaired) electrons. The first-order valence-electron chi connectivity index (χ1n) is 3.36. The van der Waals surface area contributed by atoms with Crippen LogP contribution in [0.1, 0.15) is 0 Å². The van der Waals surface area contributed by atoms with E-state index in [0.717, 1.165) is 0 Å². The summed E-state index contributed by atoms with van der Waals surface area (Å²) in [4.78, 5) is 11.1. The average Bonchev–Trinajstić information content (AvgIpc) is 2.52. The fourth-order valence-corrected chi connectivity index (χ4v) is 0.721. The number of rotatable bonds is 2. The minimum Gasteiger partial charge on any atom is -0.334 e. The Morgan fingerprint density at radius 1 is 1.55 bits per heavy atom. The van der Waals surface area contributed by atoms with Gasteiger partial charge in [0.05, 0.1) is 0 Å². The second-order valence-corrected chi connectivity index (χ2v) is 2.07. The second kappa shape index (κ2) is 3.61. The number of nitrogens with zero attached hydrogens (tertiary/aromatic N) is 1. The molecule has 0 unspecified atom stereocenters. The summed E-state index contributed by atoms with van der Waals surface area (Å²) in [7, 11) is 0. The van der Waals surface area contributed by atoms with Crippen LogP contribution >= 0.6 is 0 Å². The highest BCUT2D eigenvalue weighted by Crippen LogP contribution is 1.87. The SMILES string of the molecule is C=CCNC(=O)n1cccc1. The smallest absolute Gasteiger partial charge is 0.325 e. The number of amides is 1. The van der Waals surface area contributed by atoms with Gasteiger partial charge in [0.25, 0.3) is 0 Å². The van der Waals surface area contributed by atoms with Crippen LogP contribution in [0.15, 0.2) is 37.2 Å². The third kappa shape index (κ3) is 1.97. The molecule has 11 heavy (non-hydrogen) atoms. The lowest BCUT2D eigenvalue weighted by Gasteiger charge is -2.00. The zero-order valence-electron chi connectivity index (χ0n) is 6.16. The summed E-state index contributed by atoms with van der Waals surface area (Å²) in [6.07, 6.45) is 5.03. The van der Waals surface area contributed by atoms with E-state index < -0.39 is 0 Å². The molecule has 0 saturated heterocycles. The molecule has 1 amide bonds. The van der Waals surface area contributed by atoms with Crippen LogP contribution in [0, 0.1) is 0 Å². The lowest BCUT2D eigenvalue weighted by Crippen LogP contribution is -2.27. The van der Waals surface area contributed by atoms with Gasteiger partial charge in [0, 0.05) is 18.9 Å². The van der Waals surface area contributed by atoms with Crippen LogP contribution in [-0.2, 0) is 0 Å². The molecule has 1 N–H and O–H groups in total. The third-order valence-electron chi connectivity index (χ3n) is 1.24. The molecule has 1 aromatic heterocycles. The highest BCUT2D eigenvalue weighted by Gasteiger charge is 1.97. The molecule has 3 heteroatoms. The van der Waals surface area contributed by atoms with Crippen molar-refractivity contribution >= 4 is 6.03 Å². The van der Waals surface area contributed by atoms with E-state index in [1.165, 1.54) is 4.57 Å². The van der Waals surface area contributed by atoms with Crippen LogP contribution < -0.4 is 5.32 Å². The molecule has 0 bridgehead atoms. The number of aromatic nitrogens is 1. The van der Waals surface area contributed by atoms with Crippen molar-refractivity contribution in [2.75, 3.05) is 6.54 Å². The van der Waals surface area contributed by atoms with Crippen molar-refractivity contribution in [1.29, 1.82) is 0 Å². The van der Waals surface area contributed by atoms with E-state index in [0.29, 0.717) is 6.54 Å². The van der Waals surface area contributed by atoms with E-state index in [-0.39, 0.29) is 6.03 Å². The molecular weight excluding hydrogens is 140 g/mol. The molecule has 0 aromatic carbocycles. The second-order valence-electron chi connectivity index (χ2n) is 2.07. The molecule has 1 aromatic rings.